The third kappa shape index (κ3) is 7.05. The highest BCUT2D eigenvalue weighted by Crippen LogP contribution is 2.28. The average Bonchev–Trinajstić information content (AvgIpc) is 3.58. The number of aryl methyl sites for hydroxylation is 2. The summed E-state index contributed by atoms with van der Waals surface area (Å²) in [6, 6.07) is 11.7. The molecule has 2 aromatic carbocycles. The van der Waals surface area contributed by atoms with Crippen molar-refractivity contribution in [3.05, 3.63) is 70.4 Å². The fraction of sp³-hybridized carbons (Fsp3) is 0.464. The second-order valence-electron chi connectivity index (χ2n) is 10.1. The first-order valence-electron chi connectivity index (χ1n) is 13.2. The summed E-state index contributed by atoms with van der Waals surface area (Å²) in [4.78, 5) is 15.1. The Balaban J connectivity index is 1.27. The van der Waals surface area contributed by atoms with E-state index in [0.29, 0.717) is 35.9 Å². The lowest BCUT2D eigenvalue weighted by Gasteiger charge is -2.19. The molecule has 1 aliphatic rings. The van der Waals surface area contributed by atoms with E-state index in [1.54, 1.807) is 33.1 Å². The standard InChI is InChI=1S/C28H37N5O6S/c1-19-14-24(38-5)15-20(2)26(19)40(35,36)32(3)18-25-30-31-28(39-25)27(34)29-12-10-21-6-8-22(9-7-21)16-33-13-11-23(17-33)37-4/h6-9,14-15,23H,10-13,16-18H2,1-5H3,(H,29,34). The van der Waals surface area contributed by atoms with Gasteiger partial charge in [0.05, 0.1) is 24.7 Å². The van der Waals surface area contributed by atoms with Crippen LogP contribution in [-0.4, -0.2) is 80.7 Å². The first-order valence-corrected chi connectivity index (χ1v) is 14.6. The summed E-state index contributed by atoms with van der Waals surface area (Å²) in [6.45, 7) is 6.53. The Bertz CT molecular complexity index is 1400. The van der Waals surface area contributed by atoms with E-state index in [1.165, 1.54) is 19.7 Å². The number of sulfonamides is 1. The zero-order valence-electron chi connectivity index (χ0n) is 23.6. The molecular formula is C28H37N5O6S. The second-order valence-corrected chi connectivity index (χ2v) is 12.0. The summed E-state index contributed by atoms with van der Waals surface area (Å²) in [6.07, 6.45) is 2.03. The molecule has 0 bridgehead atoms. The van der Waals surface area contributed by atoms with Crippen molar-refractivity contribution in [1.82, 2.24) is 24.7 Å². The van der Waals surface area contributed by atoms with Crippen molar-refractivity contribution in [3.63, 3.8) is 0 Å². The first-order chi connectivity index (χ1) is 19.1. The van der Waals surface area contributed by atoms with Gasteiger partial charge in [-0.3, -0.25) is 9.69 Å². The van der Waals surface area contributed by atoms with Crippen molar-refractivity contribution in [1.29, 1.82) is 0 Å². The minimum atomic E-state index is -3.85. The summed E-state index contributed by atoms with van der Waals surface area (Å²) < 4.78 is 43.7. The predicted octanol–water partition coefficient (Wildman–Crippen LogP) is 2.71. The van der Waals surface area contributed by atoms with Gasteiger partial charge in [0.1, 0.15) is 5.75 Å². The SMILES string of the molecule is COc1cc(C)c(S(=O)(=O)N(C)Cc2nnc(C(=O)NCCc3ccc(CN4CCC(OC)C4)cc3)o2)c(C)c1. The van der Waals surface area contributed by atoms with Gasteiger partial charge in [-0.25, -0.2) is 8.42 Å². The van der Waals surface area contributed by atoms with Gasteiger partial charge in [0, 0.05) is 40.3 Å². The summed E-state index contributed by atoms with van der Waals surface area (Å²) >= 11 is 0. The van der Waals surface area contributed by atoms with Crippen LogP contribution in [0.3, 0.4) is 0 Å². The maximum absolute atomic E-state index is 13.2. The smallest absolute Gasteiger partial charge is 0.308 e. The Kier molecular flexibility index (Phi) is 9.56. The lowest BCUT2D eigenvalue weighted by molar-refractivity contribution is 0.0917. The Hall–Kier alpha value is -3.32. The molecule has 1 amide bonds. The second kappa shape index (κ2) is 12.9. The van der Waals surface area contributed by atoms with Crippen LogP contribution in [0.4, 0.5) is 0 Å². The third-order valence-corrected chi connectivity index (χ3v) is 9.16. The Labute approximate surface area is 235 Å². The van der Waals surface area contributed by atoms with E-state index in [-0.39, 0.29) is 23.2 Å². The van der Waals surface area contributed by atoms with Gasteiger partial charge in [-0.15, -0.1) is 10.2 Å². The van der Waals surface area contributed by atoms with E-state index in [4.69, 9.17) is 13.9 Å². The van der Waals surface area contributed by atoms with Crippen molar-refractivity contribution in [2.24, 2.45) is 0 Å². The predicted molar refractivity (Wildman–Crippen MR) is 149 cm³/mol. The number of carbonyl (C=O) groups is 1. The Morgan fingerprint density at radius 2 is 1.80 bits per heavy atom. The minimum absolute atomic E-state index is 0.0189. The van der Waals surface area contributed by atoms with Crippen LogP contribution in [0.15, 0.2) is 45.7 Å². The van der Waals surface area contributed by atoms with Crippen LogP contribution in [0.2, 0.25) is 0 Å². The molecule has 1 aliphatic heterocycles. The maximum Gasteiger partial charge on any atom is 0.308 e. The number of benzene rings is 2. The third-order valence-electron chi connectivity index (χ3n) is 7.05. The molecule has 11 nitrogen and oxygen atoms in total. The normalized spacial score (nSPS) is 16.0. The average molecular weight is 572 g/mol. The number of ether oxygens (including phenoxy) is 2. The monoisotopic (exact) mass is 571 g/mol. The molecule has 216 valence electrons. The topological polar surface area (TPSA) is 127 Å². The number of methoxy groups -OCH3 is 2. The van der Waals surface area contributed by atoms with Crippen LogP contribution in [0.5, 0.6) is 5.75 Å². The molecule has 1 N–H and O–H groups in total. The highest BCUT2D eigenvalue weighted by atomic mass is 32.2. The molecule has 1 atom stereocenters. The number of likely N-dealkylation sites (tertiary alicyclic amines) is 1. The molecule has 0 radical (unpaired) electrons. The van der Waals surface area contributed by atoms with Crippen molar-refractivity contribution in [3.8, 4) is 5.75 Å². The molecule has 40 heavy (non-hydrogen) atoms. The highest BCUT2D eigenvalue weighted by Gasteiger charge is 2.27. The van der Waals surface area contributed by atoms with Crippen molar-refractivity contribution in [2.45, 2.75) is 50.8 Å². The number of nitrogens with zero attached hydrogens (tertiary/aromatic N) is 4. The fourth-order valence-corrected chi connectivity index (χ4v) is 6.40. The van der Waals surface area contributed by atoms with E-state index in [9.17, 15) is 13.2 Å². The van der Waals surface area contributed by atoms with Gasteiger partial charge in [0.15, 0.2) is 0 Å². The van der Waals surface area contributed by atoms with E-state index in [0.717, 1.165) is 35.9 Å². The number of aromatic nitrogens is 2. The van der Waals surface area contributed by atoms with E-state index >= 15 is 0 Å². The summed E-state index contributed by atoms with van der Waals surface area (Å²) in [7, 11) is 0.866. The number of amides is 1. The highest BCUT2D eigenvalue weighted by molar-refractivity contribution is 7.89. The van der Waals surface area contributed by atoms with Gasteiger partial charge in [0.2, 0.25) is 15.9 Å². The molecule has 1 fully saturated rings. The molecule has 12 heteroatoms. The zero-order chi connectivity index (χ0) is 28.9. The number of hydrogen-bond acceptors (Lipinski definition) is 9. The molecule has 4 rings (SSSR count). The Morgan fingerprint density at radius 1 is 1.12 bits per heavy atom. The van der Waals surface area contributed by atoms with Crippen LogP contribution in [0.25, 0.3) is 0 Å². The summed E-state index contributed by atoms with van der Waals surface area (Å²) in [5, 5.41) is 10.4. The number of hydrogen-bond donors (Lipinski definition) is 1. The largest absolute Gasteiger partial charge is 0.497 e. The fourth-order valence-electron chi connectivity index (χ4n) is 4.87. The molecule has 1 saturated heterocycles. The quantitative estimate of drug-likeness (QED) is 0.349. The van der Waals surface area contributed by atoms with Crippen LogP contribution in [-0.2, 0) is 34.3 Å². The van der Waals surface area contributed by atoms with Gasteiger partial charge in [-0.2, -0.15) is 4.31 Å². The van der Waals surface area contributed by atoms with Gasteiger partial charge < -0.3 is 19.2 Å². The summed E-state index contributed by atoms with van der Waals surface area (Å²) in [5.41, 5.74) is 3.47. The molecule has 0 saturated carbocycles. The van der Waals surface area contributed by atoms with E-state index in [1.807, 2.05) is 0 Å². The molecule has 3 aromatic rings. The number of nitrogens with one attached hydrogen (secondary N) is 1. The van der Waals surface area contributed by atoms with Crippen molar-refractivity contribution < 1.29 is 27.1 Å². The van der Waals surface area contributed by atoms with Crippen LogP contribution < -0.4 is 10.1 Å². The van der Waals surface area contributed by atoms with Gasteiger partial charge >= 0.3 is 11.8 Å². The summed E-state index contributed by atoms with van der Waals surface area (Å²) in [5.74, 6) is -0.123. The lowest BCUT2D eigenvalue weighted by atomic mass is 10.1. The van der Waals surface area contributed by atoms with Gasteiger partial charge in [0.25, 0.3) is 0 Å². The molecule has 1 unspecified atom stereocenters. The van der Waals surface area contributed by atoms with Crippen molar-refractivity contribution >= 4 is 15.9 Å². The van der Waals surface area contributed by atoms with Crippen LogP contribution >= 0.6 is 0 Å². The molecular weight excluding hydrogens is 534 g/mol. The number of carbonyl (C=O) groups excluding carboxylic acids is 1. The lowest BCUT2D eigenvalue weighted by Crippen LogP contribution is -2.28. The molecule has 0 spiro atoms. The van der Waals surface area contributed by atoms with Gasteiger partial charge in [-0.05, 0) is 61.1 Å². The van der Waals surface area contributed by atoms with Crippen LogP contribution in [0.1, 0.15) is 45.3 Å². The van der Waals surface area contributed by atoms with Crippen LogP contribution in [0, 0.1) is 13.8 Å². The zero-order valence-corrected chi connectivity index (χ0v) is 24.5. The van der Waals surface area contributed by atoms with E-state index < -0.39 is 15.9 Å². The number of rotatable bonds is 12. The van der Waals surface area contributed by atoms with Gasteiger partial charge in [-0.1, -0.05) is 24.3 Å². The Morgan fingerprint density at radius 3 is 2.42 bits per heavy atom. The molecule has 0 aliphatic carbocycles. The first kappa shape index (κ1) is 29.7. The maximum atomic E-state index is 13.2. The van der Waals surface area contributed by atoms with Crippen molar-refractivity contribution in [2.75, 3.05) is 40.9 Å². The molecule has 2 heterocycles. The van der Waals surface area contributed by atoms with E-state index in [2.05, 4.69) is 44.7 Å². The molecule has 1 aromatic heterocycles. The minimum Gasteiger partial charge on any atom is -0.497 e.